The maximum absolute atomic E-state index is 13.0. The first-order chi connectivity index (χ1) is 15.4. The number of ether oxygens (including phenoxy) is 3. The van der Waals surface area contributed by atoms with Crippen molar-refractivity contribution in [1.82, 2.24) is 10.2 Å². The molecule has 2 aromatic rings. The second kappa shape index (κ2) is 10.1. The van der Waals surface area contributed by atoms with E-state index in [0.717, 1.165) is 17.5 Å². The van der Waals surface area contributed by atoms with Crippen molar-refractivity contribution < 1.29 is 23.8 Å². The number of carbonyl (C=O) groups excluding carboxylic acids is 2. The predicted octanol–water partition coefficient (Wildman–Crippen LogP) is 2.93. The van der Waals surface area contributed by atoms with Crippen molar-refractivity contribution in [2.45, 2.75) is 31.8 Å². The molecule has 168 valence electrons. The van der Waals surface area contributed by atoms with Crippen LogP contribution in [0, 0.1) is 11.3 Å². The number of fused-ring (bicyclic) bond motifs is 1. The first kappa shape index (κ1) is 22.9. The van der Waals surface area contributed by atoms with Crippen LogP contribution in [0.25, 0.3) is 0 Å². The summed E-state index contributed by atoms with van der Waals surface area (Å²) in [5, 5.41) is 12.5. The summed E-state index contributed by atoms with van der Waals surface area (Å²) in [5.41, 5.74) is 2.59. The quantitative estimate of drug-likeness (QED) is 0.715. The highest BCUT2D eigenvalue weighted by molar-refractivity contribution is 5.80. The van der Waals surface area contributed by atoms with Crippen LogP contribution in [0.4, 0.5) is 0 Å². The molecular weight excluding hydrogens is 410 g/mol. The van der Waals surface area contributed by atoms with Crippen molar-refractivity contribution >= 4 is 11.8 Å². The molecule has 1 aliphatic rings. The molecule has 0 spiro atoms. The molecule has 0 radical (unpaired) electrons. The molecule has 32 heavy (non-hydrogen) atoms. The lowest BCUT2D eigenvalue weighted by Gasteiger charge is -2.36. The van der Waals surface area contributed by atoms with Crippen LogP contribution in [0.15, 0.2) is 36.4 Å². The average Bonchev–Trinajstić information content (AvgIpc) is 2.81. The fraction of sp³-hybridized carbons (Fsp3) is 0.375. The number of rotatable bonds is 7. The first-order valence-corrected chi connectivity index (χ1v) is 10.3. The van der Waals surface area contributed by atoms with Crippen molar-refractivity contribution in [1.29, 1.82) is 5.26 Å². The third-order valence-electron chi connectivity index (χ3n) is 5.65. The Bertz CT molecular complexity index is 1020. The number of nitrogens with zero attached hydrogens (tertiary/aromatic N) is 2. The third kappa shape index (κ3) is 4.62. The van der Waals surface area contributed by atoms with Crippen LogP contribution in [0.5, 0.6) is 17.2 Å². The lowest BCUT2D eigenvalue weighted by Crippen LogP contribution is -2.41. The minimum absolute atomic E-state index is 0.0548. The summed E-state index contributed by atoms with van der Waals surface area (Å²) in [7, 11) is 4.46. The molecule has 8 nitrogen and oxygen atoms in total. The molecule has 2 aromatic carbocycles. The summed E-state index contributed by atoms with van der Waals surface area (Å²) in [4.78, 5) is 26.9. The van der Waals surface area contributed by atoms with Gasteiger partial charge in [-0.25, -0.2) is 0 Å². The molecule has 1 heterocycles. The number of methoxy groups -OCH3 is 3. The molecule has 0 aromatic heterocycles. The van der Waals surface area contributed by atoms with E-state index in [1.54, 1.807) is 17.0 Å². The third-order valence-corrected chi connectivity index (χ3v) is 5.65. The highest BCUT2D eigenvalue weighted by Gasteiger charge is 2.31. The van der Waals surface area contributed by atoms with Crippen LogP contribution in [-0.4, -0.2) is 44.6 Å². The van der Waals surface area contributed by atoms with Crippen molar-refractivity contribution in [3.63, 3.8) is 0 Å². The van der Waals surface area contributed by atoms with Gasteiger partial charge in [0.1, 0.15) is 6.04 Å². The monoisotopic (exact) mass is 437 g/mol. The van der Waals surface area contributed by atoms with E-state index in [9.17, 15) is 14.9 Å². The normalized spacial score (nSPS) is 15.7. The smallest absolute Gasteiger partial charge is 0.223 e. The average molecular weight is 437 g/mol. The van der Waals surface area contributed by atoms with Crippen molar-refractivity contribution in [2.75, 3.05) is 27.9 Å². The molecule has 0 saturated heterocycles. The SMILES string of the molecule is COc1cc(C(C#N)NC(=O)CC2c3ccccc3CCN2C(C)=O)cc(OC)c1OC. The Kier molecular flexibility index (Phi) is 7.21. The van der Waals surface area contributed by atoms with Crippen LogP contribution >= 0.6 is 0 Å². The van der Waals surface area contributed by atoms with Gasteiger partial charge in [0.25, 0.3) is 0 Å². The minimum atomic E-state index is -0.930. The Morgan fingerprint density at radius 3 is 2.38 bits per heavy atom. The van der Waals surface area contributed by atoms with Gasteiger partial charge in [-0.05, 0) is 35.2 Å². The van der Waals surface area contributed by atoms with Crippen molar-refractivity contribution in [3.05, 3.63) is 53.1 Å². The second-order valence-corrected chi connectivity index (χ2v) is 7.47. The summed E-state index contributed by atoms with van der Waals surface area (Å²) in [6.45, 7) is 2.06. The summed E-state index contributed by atoms with van der Waals surface area (Å²) >= 11 is 0. The molecule has 0 aliphatic carbocycles. The lowest BCUT2D eigenvalue weighted by atomic mass is 9.90. The van der Waals surface area contributed by atoms with Gasteiger partial charge in [0.05, 0.1) is 39.9 Å². The van der Waals surface area contributed by atoms with Gasteiger partial charge in [-0.3, -0.25) is 9.59 Å². The number of carbonyl (C=O) groups is 2. The van der Waals surface area contributed by atoms with Crippen LogP contribution < -0.4 is 19.5 Å². The highest BCUT2D eigenvalue weighted by atomic mass is 16.5. The van der Waals surface area contributed by atoms with Crippen molar-refractivity contribution in [3.8, 4) is 23.3 Å². The van der Waals surface area contributed by atoms with Crippen LogP contribution in [0.2, 0.25) is 0 Å². The van der Waals surface area contributed by atoms with Crippen LogP contribution in [0.3, 0.4) is 0 Å². The topological polar surface area (TPSA) is 101 Å². The minimum Gasteiger partial charge on any atom is -0.493 e. The first-order valence-electron chi connectivity index (χ1n) is 10.3. The van der Waals surface area contributed by atoms with Gasteiger partial charge in [0.15, 0.2) is 11.5 Å². The predicted molar refractivity (Wildman–Crippen MR) is 117 cm³/mol. The van der Waals surface area contributed by atoms with E-state index in [0.29, 0.717) is 29.4 Å². The van der Waals surface area contributed by atoms with Gasteiger partial charge in [0.2, 0.25) is 17.6 Å². The van der Waals surface area contributed by atoms with Gasteiger partial charge < -0.3 is 24.4 Å². The Morgan fingerprint density at radius 1 is 1.16 bits per heavy atom. The Hall–Kier alpha value is -3.73. The van der Waals surface area contributed by atoms with Gasteiger partial charge in [-0.2, -0.15) is 5.26 Å². The summed E-state index contributed by atoms with van der Waals surface area (Å²) < 4.78 is 16.0. The van der Waals surface area contributed by atoms with Gasteiger partial charge in [-0.15, -0.1) is 0 Å². The second-order valence-electron chi connectivity index (χ2n) is 7.47. The molecule has 0 bridgehead atoms. The van der Waals surface area contributed by atoms with E-state index in [1.807, 2.05) is 24.3 Å². The fourth-order valence-electron chi connectivity index (χ4n) is 4.10. The molecule has 2 unspecified atom stereocenters. The number of amides is 2. The summed E-state index contributed by atoms with van der Waals surface area (Å²) in [6.07, 6.45) is 0.805. The standard InChI is InChI=1S/C24H27N3O5/c1-15(28)27-10-9-16-7-5-6-8-18(16)20(27)13-23(29)26-19(14-25)17-11-21(30-2)24(32-4)22(12-17)31-3/h5-8,11-12,19-20H,9-10,13H2,1-4H3,(H,26,29). The number of hydrogen-bond donors (Lipinski definition) is 1. The van der Waals surface area contributed by atoms with Gasteiger partial charge >= 0.3 is 0 Å². The molecule has 0 saturated carbocycles. The summed E-state index contributed by atoms with van der Waals surface area (Å²) in [6, 6.07) is 11.9. The molecule has 2 atom stereocenters. The Morgan fingerprint density at radius 2 is 1.81 bits per heavy atom. The van der Waals surface area contributed by atoms with Gasteiger partial charge in [0, 0.05) is 13.5 Å². The molecular formula is C24H27N3O5. The largest absolute Gasteiger partial charge is 0.493 e. The van der Waals surface area contributed by atoms with Crippen LogP contribution in [0.1, 0.15) is 42.1 Å². The maximum atomic E-state index is 13.0. The Labute approximate surface area is 187 Å². The van der Waals surface area contributed by atoms with E-state index in [4.69, 9.17) is 14.2 Å². The van der Waals surface area contributed by atoms with Crippen molar-refractivity contribution in [2.24, 2.45) is 0 Å². The zero-order valence-electron chi connectivity index (χ0n) is 18.7. The highest BCUT2D eigenvalue weighted by Crippen LogP contribution is 2.40. The lowest BCUT2D eigenvalue weighted by molar-refractivity contribution is -0.133. The molecule has 3 rings (SSSR count). The van der Waals surface area contributed by atoms with E-state index in [-0.39, 0.29) is 24.3 Å². The maximum Gasteiger partial charge on any atom is 0.223 e. The van der Waals surface area contributed by atoms with E-state index >= 15 is 0 Å². The van der Waals surface area contributed by atoms with Gasteiger partial charge in [-0.1, -0.05) is 24.3 Å². The Balaban J connectivity index is 1.84. The number of benzene rings is 2. The number of nitrogens with one attached hydrogen (secondary N) is 1. The van der Waals surface area contributed by atoms with E-state index in [1.165, 1.54) is 28.3 Å². The molecule has 1 aliphatic heterocycles. The number of hydrogen-bond acceptors (Lipinski definition) is 6. The molecule has 8 heteroatoms. The summed E-state index contributed by atoms with van der Waals surface area (Å²) in [5.74, 6) is 0.760. The molecule has 0 fully saturated rings. The number of nitriles is 1. The zero-order valence-corrected chi connectivity index (χ0v) is 18.7. The molecule has 2 amide bonds. The fourth-order valence-corrected chi connectivity index (χ4v) is 4.10. The molecule has 1 N–H and O–H groups in total. The van der Waals surface area contributed by atoms with E-state index < -0.39 is 6.04 Å². The zero-order chi connectivity index (χ0) is 23.3. The van der Waals surface area contributed by atoms with Crippen LogP contribution in [-0.2, 0) is 16.0 Å². The van der Waals surface area contributed by atoms with E-state index in [2.05, 4.69) is 11.4 Å².